The van der Waals surface area contributed by atoms with Gasteiger partial charge in [-0.2, -0.15) is 0 Å². The normalized spacial score (nSPS) is 11.3. The van der Waals surface area contributed by atoms with Crippen molar-refractivity contribution in [1.82, 2.24) is 15.0 Å². The molecule has 0 N–H and O–H groups in total. The topological polar surface area (TPSA) is 57.0 Å². The Morgan fingerprint density at radius 1 is 1.65 bits per heavy atom. The van der Waals surface area contributed by atoms with E-state index in [1.807, 2.05) is 13.0 Å². The van der Waals surface area contributed by atoms with Crippen LogP contribution in [0.1, 0.15) is 19.0 Å². The van der Waals surface area contributed by atoms with E-state index < -0.39 is 0 Å². The Morgan fingerprint density at radius 3 is 3.00 bits per heavy atom. The quantitative estimate of drug-likeness (QED) is 0.554. The lowest BCUT2D eigenvalue weighted by atomic mass is 10.2. The highest BCUT2D eigenvalue weighted by Crippen LogP contribution is 2.06. The zero-order valence-corrected chi connectivity index (χ0v) is 10.2. The molecule has 0 aliphatic carbocycles. The maximum absolute atomic E-state index is 11.1. The lowest BCUT2D eigenvalue weighted by Crippen LogP contribution is -2.09. The van der Waals surface area contributed by atoms with Crippen molar-refractivity contribution in [3.05, 3.63) is 36.2 Å². The van der Waals surface area contributed by atoms with Crippen LogP contribution in [0.15, 0.2) is 30.5 Å². The number of methoxy groups -OCH3 is 1. The minimum Gasteiger partial charge on any atom is -0.469 e. The van der Waals surface area contributed by atoms with Crippen molar-refractivity contribution in [2.75, 3.05) is 7.11 Å². The standard InChI is InChI=1S/C12H17N3O2/c1-4-10(5-2)9-15-11(8-13-14-15)6-7-12(16)17-3/h4-5,8H,1,6-7,9H2,2-3H3/b10-5+. The average Bonchev–Trinajstić information content (AvgIpc) is 2.80. The first kappa shape index (κ1) is 13.2. The number of nitrogens with zero attached hydrogens (tertiary/aromatic N) is 3. The van der Waals surface area contributed by atoms with Gasteiger partial charge in [-0.3, -0.25) is 4.79 Å². The second kappa shape index (κ2) is 6.62. The molecule has 0 fully saturated rings. The highest BCUT2D eigenvalue weighted by atomic mass is 16.5. The maximum Gasteiger partial charge on any atom is 0.305 e. The van der Waals surface area contributed by atoms with Crippen LogP contribution in [-0.4, -0.2) is 28.1 Å². The Kier molecular flexibility index (Phi) is 5.13. The van der Waals surface area contributed by atoms with E-state index in [0.717, 1.165) is 11.3 Å². The van der Waals surface area contributed by atoms with E-state index in [1.165, 1.54) is 7.11 Å². The van der Waals surface area contributed by atoms with E-state index in [-0.39, 0.29) is 5.97 Å². The molecule has 0 saturated heterocycles. The Bertz CT molecular complexity index is 421. The van der Waals surface area contributed by atoms with E-state index in [4.69, 9.17) is 0 Å². The molecule has 5 nitrogen and oxygen atoms in total. The van der Waals surface area contributed by atoms with Crippen LogP contribution in [0.5, 0.6) is 0 Å². The van der Waals surface area contributed by atoms with Crippen LogP contribution in [-0.2, 0) is 22.5 Å². The minimum atomic E-state index is -0.229. The van der Waals surface area contributed by atoms with Gasteiger partial charge >= 0.3 is 5.97 Å². The van der Waals surface area contributed by atoms with Crippen LogP contribution >= 0.6 is 0 Å². The fourth-order valence-corrected chi connectivity index (χ4v) is 1.38. The summed E-state index contributed by atoms with van der Waals surface area (Å²) in [7, 11) is 1.38. The lowest BCUT2D eigenvalue weighted by molar-refractivity contribution is -0.140. The van der Waals surface area contributed by atoms with E-state index >= 15 is 0 Å². The van der Waals surface area contributed by atoms with Crippen LogP contribution in [0.25, 0.3) is 0 Å². The average molecular weight is 235 g/mol. The number of esters is 1. The van der Waals surface area contributed by atoms with Crippen molar-refractivity contribution >= 4 is 5.97 Å². The van der Waals surface area contributed by atoms with Gasteiger partial charge in [0.2, 0.25) is 0 Å². The molecule has 0 unspecified atom stereocenters. The predicted molar refractivity (Wildman–Crippen MR) is 64.3 cm³/mol. The molecule has 1 heterocycles. The summed E-state index contributed by atoms with van der Waals surface area (Å²) in [5, 5.41) is 7.83. The molecule has 1 aromatic rings. The molecular weight excluding hydrogens is 218 g/mol. The molecular formula is C12H17N3O2. The molecule has 0 aliphatic rings. The highest BCUT2D eigenvalue weighted by molar-refractivity contribution is 5.69. The van der Waals surface area contributed by atoms with Crippen molar-refractivity contribution in [1.29, 1.82) is 0 Å². The number of hydrogen-bond donors (Lipinski definition) is 0. The van der Waals surface area contributed by atoms with Gasteiger partial charge in [-0.05, 0) is 12.5 Å². The molecule has 1 aromatic heterocycles. The molecule has 17 heavy (non-hydrogen) atoms. The molecule has 0 spiro atoms. The van der Waals surface area contributed by atoms with Crippen LogP contribution in [0.4, 0.5) is 0 Å². The van der Waals surface area contributed by atoms with Crippen molar-refractivity contribution in [3.63, 3.8) is 0 Å². The molecule has 92 valence electrons. The molecule has 0 atom stereocenters. The summed E-state index contributed by atoms with van der Waals surface area (Å²) in [5.41, 5.74) is 1.98. The molecule has 0 radical (unpaired) electrons. The Labute approximate surface area is 101 Å². The Balaban J connectivity index is 2.66. The van der Waals surface area contributed by atoms with Gasteiger partial charge in [0.15, 0.2) is 0 Å². The van der Waals surface area contributed by atoms with Crippen molar-refractivity contribution in [2.45, 2.75) is 26.3 Å². The summed E-state index contributed by atoms with van der Waals surface area (Å²) in [5.74, 6) is -0.229. The van der Waals surface area contributed by atoms with Crippen LogP contribution in [0, 0.1) is 0 Å². The second-order valence-corrected chi connectivity index (χ2v) is 3.53. The van der Waals surface area contributed by atoms with Crippen molar-refractivity contribution in [3.8, 4) is 0 Å². The molecule has 0 bridgehead atoms. The minimum absolute atomic E-state index is 0.229. The van der Waals surface area contributed by atoms with E-state index in [1.54, 1.807) is 17.0 Å². The zero-order valence-electron chi connectivity index (χ0n) is 10.2. The number of carbonyl (C=O) groups excluding carboxylic acids is 1. The first-order chi connectivity index (χ1) is 8.21. The maximum atomic E-state index is 11.1. The van der Waals surface area contributed by atoms with E-state index in [0.29, 0.717) is 19.4 Å². The van der Waals surface area contributed by atoms with Gasteiger partial charge in [0, 0.05) is 6.42 Å². The number of ether oxygens (including phenoxy) is 1. The van der Waals surface area contributed by atoms with Gasteiger partial charge in [-0.25, -0.2) is 4.68 Å². The fourth-order valence-electron chi connectivity index (χ4n) is 1.38. The number of hydrogen-bond acceptors (Lipinski definition) is 4. The third-order valence-corrected chi connectivity index (χ3v) is 2.48. The third kappa shape index (κ3) is 3.86. The van der Waals surface area contributed by atoms with E-state index in [2.05, 4.69) is 21.6 Å². The summed E-state index contributed by atoms with van der Waals surface area (Å²) >= 11 is 0. The van der Waals surface area contributed by atoms with Crippen molar-refractivity contribution < 1.29 is 9.53 Å². The summed E-state index contributed by atoms with van der Waals surface area (Å²) in [6.07, 6.45) is 6.33. The third-order valence-electron chi connectivity index (χ3n) is 2.48. The second-order valence-electron chi connectivity index (χ2n) is 3.53. The van der Waals surface area contributed by atoms with Crippen LogP contribution in [0.3, 0.4) is 0 Å². The molecule has 0 aromatic carbocycles. The fraction of sp³-hybridized carbons (Fsp3) is 0.417. The number of aryl methyl sites for hydroxylation is 1. The number of rotatable bonds is 6. The van der Waals surface area contributed by atoms with E-state index in [9.17, 15) is 4.79 Å². The number of carbonyl (C=O) groups is 1. The molecule has 0 amide bonds. The Hall–Kier alpha value is -1.91. The largest absolute Gasteiger partial charge is 0.469 e. The van der Waals surface area contributed by atoms with Crippen molar-refractivity contribution in [2.24, 2.45) is 0 Å². The molecule has 5 heteroatoms. The molecule has 0 saturated carbocycles. The zero-order chi connectivity index (χ0) is 12.7. The lowest BCUT2D eigenvalue weighted by Gasteiger charge is -2.06. The number of allylic oxidation sites excluding steroid dienone is 3. The predicted octanol–water partition coefficient (Wildman–Crippen LogP) is 1.52. The number of aromatic nitrogens is 3. The summed E-state index contributed by atoms with van der Waals surface area (Å²) < 4.78 is 6.36. The monoisotopic (exact) mass is 235 g/mol. The Morgan fingerprint density at radius 2 is 2.41 bits per heavy atom. The summed E-state index contributed by atoms with van der Waals surface area (Å²) in [4.78, 5) is 11.1. The first-order valence-electron chi connectivity index (χ1n) is 5.43. The van der Waals surface area contributed by atoms with Crippen LogP contribution < -0.4 is 0 Å². The molecule has 0 aliphatic heterocycles. The van der Waals surface area contributed by atoms with Gasteiger partial charge in [0.25, 0.3) is 0 Å². The van der Waals surface area contributed by atoms with Gasteiger partial charge in [0.1, 0.15) is 0 Å². The van der Waals surface area contributed by atoms with Gasteiger partial charge in [-0.1, -0.05) is 23.9 Å². The SMILES string of the molecule is C=C/C(=C\C)Cn1nncc1CCC(=O)OC. The summed E-state index contributed by atoms with van der Waals surface area (Å²) in [6, 6.07) is 0. The van der Waals surface area contributed by atoms with Gasteiger partial charge < -0.3 is 4.74 Å². The van der Waals surface area contributed by atoms with Gasteiger partial charge in [-0.15, -0.1) is 5.10 Å². The summed E-state index contributed by atoms with van der Waals surface area (Å²) in [6.45, 7) is 6.29. The smallest absolute Gasteiger partial charge is 0.305 e. The van der Waals surface area contributed by atoms with Gasteiger partial charge in [0.05, 0.1) is 32.0 Å². The highest BCUT2D eigenvalue weighted by Gasteiger charge is 2.07. The first-order valence-corrected chi connectivity index (χ1v) is 5.43. The molecule has 1 rings (SSSR count). The van der Waals surface area contributed by atoms with Crippen LogP contribution in [0.2, 0.25) is 0 Å².